The Morgan fingerprint density at radius 1 is 1.11 bits per heavy atom. The van der Waals surface area contributed by atoms with E-state index in [2.05, 4.69) is 10.4 Å². The molecule has 0 unspecified atom stereocenters. The normalized spacial score (nSPS) is 10.5. The van der Waals surface area contributed by atoms with Gasteiger partial charge in [-0.15, -0.1) is 0 Å². The number of hydrazine groups is 1. The number of carboxylic acids is 1. The van der Waals surface area contributed by atoms with Crippen molar-refractivity contribution < 1.29 is 29.0 Å². The van der Waals surface area contributed by atoms with Crippen molar-refractivity contribution in [2.75, 3.05) is 0 Å². The molecule has 28 heavy (non-hydrogen) atoms. The number of rotatable bonds is 6. The number of carbonyl (C=O) groups is 3. The lowest BCUT2D eigenvalue weighted by Gasteiger charge is -2.12. The van der Waals surface area contributed by atoms with Crippen molar-refractivity contribution in [3.63, 3.8) is 0 Å². The lowest BCUT2D eigenvalue weighted by atomic mass is 9.99. The van der Waals surface area contributed by atoms with E-state index in [0.717, 1.165) is 11.6 Å². The largest absolute Gasteiger partial charge is 0.505 e. The molecule has 2 amide bonds. The van der Waals surface area contributed by atoms with Crippen LogP contribution in [0.25, 0.3) is 10.9 Å². The van der Waals surface area contributed by atoms with Gasteiger partial charge in [-0.25, -0.2) is 9.18 Å². The Kier molecular flexibility index (Phi) is 5.16. The predicted molar refractivity (Wildman–Crippen MR) is 96.2 cm³/mol. The smallest absolute Gasteiger partial charge is 0.339 e. The molecular weight excluding hydrogens is 369 g/mol. The summed E-state index contributed by atoms with van der Waals surface area (Å²) in [5.74, 6) is -3.15. The van der Waals surface area contributed by atoms with Gasteiger partial charge in [0.25, 0.3) is 5.91 Å². The Morgan fingerprint density at radius 3 is 2.46 bits per heavy atom. The second kappa shape index (κ2) is 7.70. The second-order valence-corrected chi connectivity index (χ2v) is 5.88. The van der Waals surface area contributed by atoms with E-state index >= 15 is 0 Å². The number of aromatic nitrogens is 1. The van der Waals surface area contributed by atoms with Crippen LogP contribution in [0.2, 0.25) is 0 Å². The molecule has 0 bridgehead atoms. The fourth-order valence-corrected chi connectivity index (χ4v) is 2.77. The summed E-state index contributed by atoms with van der Waals surface area (Å²) < 4.78 is 13.1. The van der Waals surface area contributed by atoms with Crippen molar-refractivity contribution in [1.82, 2.24) is 15.8 Å². The lowest BCUT2D eigenvalue weighted by molar-refractivity contribution is -0.110. The van der Waals surface area contributed by atoms with Gasteiger partial charge in [-0.05, 0) is 41.8 Å². The first-order valence-corrected chi connectivity index (χ1v) is 8.02. The van der Waals surface area contributed by atoms with Gasteiger partial charge < -0.3 is 10.2 Å². The van der Waals surface area contributed by atoms with Gasteiger partial charge in [0.15, 0.2) is 5.75 Å². The number of phenols is 1. The van der Waals surface area contributed by atoms with Crippen LogP contribution in [-0.4, -0.2) is 33.5 Å². The number of aromatic hydroxyl groups is 1. The number of benzene rings is 2. The van der Waals surface area contributed by atoms with Crippen molar-refractivity contribution >= 4 is 29.2 Å². The molecule has 2 aromatic carbocycles. The lowest BCUT2D eigenvalue weighted by Crippen LogP contribution is -2.36. The van der Waals surface area contributed by atoms with Crippen LogP contribution in [0.15, 0.2) is 42.6 Å². The van der Waals surface area contributed by atoms with E-state index in [9.17, 15) is 29.0 Å². The van der Waals surface area contributed by atoms with Crippen molar-refractivity contribution in [2.45, 2.75) is 6.42 Å². The van der Waals surface area contributed by atoms with Crippen LogP contribution in [-0.2, 0) is 11.2 Å². The molecule has 1 heterocycles. The SMILES string of the molecule is O=CNNC(=O)c1cc(C(=O)O)c(O)c2ncc(Cc3ccc(F)cc3)cc12. The maximum Gasteiger partial charge on any atom is 0.339 e. The summed E-state index contributed by atoms with van der Waals surface area (Å²) in [4.78, 5) is 38.2. The molecule has 3 rings (SSSR count). The number of hydrogen-bond donors (Lipinski definition) is 4. The molecular formula is C19H14FN3O5. The zero-order chi connectivity index (χ0) is 20.3. The quantitative estimate of drug-likeness (QED) is 0.379. The minimum atomic E-state index is -1.44. The van der Waals surface area contributed by atoms with Gasteiger partial charge in [0.1, 0.15) is 16.9 Å². The Balaban J connectivity index is 2.12. The molecule has 1 aromatic heterocycles. The molecule has 142 valence electrons. The molecule has 9 heteroatoms. The van der Waals surface area contributed by atoms with Gasteiger partial charge in [0.05, 0.1) is 5.56 Å². The number of halogens is 1. The minimum Gasteiger partial charge on any atom is -0.505 e. The van der Waals surface area contributed by atoms with Crippen LogP contribution in [0, 0.1) is 5.82 Å². The average Bonchev–Trinajstić information content (AvgIpc) is 2.68. The zero-order valence-corrected chi connectivity index (χ0v) is 14.3. The van der Waals surface area contributed by atoms with E-state index in [0.29, 0.717) is 12.0 Å². The molecule has 0 aliphatic rings. The summed E-state index contributed by atoms with van der Waals surface area (Å²) in [5, 5.41) is 19.7. The third kappa shape index (κ3) is 3.73. The summed E-state index contributed by atoms with van der Waals surface area (Å²) in [5.41, 5.74) is 4.88. The highest BCUT2D eigenvalue weighted by Gasteiger charge is 2.21. The van der Waals surface area contributed by atoms with Crippen LogP contribution in [0.5, 0.6) is 5.75 Å². The van der Waals surface area contributed by atoms with Crippen LogP contribution in [0.3, 0.4) is 0 Å². The van der Waals surface area contributed by atoms with Crippen LogP contribution >= 0.6 is 0 Å². The van der Waals surface area contributed by atoms with Crippen molar-refractivity contribution in [3.05, 3.63) is 70.7 Å². The van der Waals surface area contributed by atoms with Crippen LogP contribution in [0.4, 0.5) is 4.39 Å². The number of aromatic carboxylic acids is 1. The summed E-state index contributed by atoms with van der Waals surface area (Å²) in [6, 6.07) is 8.42. The summed E-state index contributed by atoms with van der Waals surface area (Å²) in [6.45, 7) is 0. The number of nitrogens with zero attached hydrogens (tertiary/aromatic N) is 1. The topological polar surface area (TPSA) is 129 Å². The fourth-order valence-electron chi connectivity index (χ4n) is 2.77. The summed E-state index contributed by atoms with van der Waals surface area (Å²) in [7, 11) is 0. The van der Waals surface area contributed by atoms with Crippen LogP contribution in [0.1, 0.15) is 31.8 Å². The van der Waals surface area contributed by atoms with Gasteiger partial charge in [0.2, 0.25) is 6.41 Å². The molecule has 4 N–H and O–H groups in total. The number of amides is 2. The number of hydrogen-bond acceptors (Lipinski definition) is 5. The van der Waals surface area contributed by atoms with Gasteiger partial charge in [0, 0.05) is 11.6 Å². The van der Waals surface area contributed by atoms with Gasteiger partial charge in [-0.2, -0.15) is 0 Å². The number of pyridine rings is 1. The maximum atomic E-state index is 13.1. The van der Waals surface area contributed by atoms with E-state index in [-0.39, 0.29) is 28.7 Å². The van der Waals surface area contributed by atoms with E-state index < -0.39 is 23.2 Å². The van der Waals surface area contributed by atoms with Gasteiger partial charge in [-0.3, -0.25) is 25.4 Å². The molecule has 0 fully saturated rings. The fraction of sp³-hybridized carbons (Fsp3) is 0.0526. The van der Waals surface area contributed by atoms with Crippen molar-refractivity contribution in [2.24, 2.45) is 0 Å². The highest BCUT2D eigenvalue weighted by atomic mass is 19.1. The summed E-state index contributed by atoms with van der Waals surface area (Å²) in [6.07, 6.45) is 2.05. The molecule has 0 saturated carbocycles. The van der Waals surface area contributed by atoms with Crippen molar-refractivity contribution in [3.8, 4) is 5.75 Å². The highest BCUT2D eigenvalue weighted by Crippen LogP contribution is 2.31. The molecule has 3 aromatic rings. The Labute approximate surface area is 157 Å². The molecule has 0 saturated heterocycles. The number of carbonyl (C=O) groups excluding carboxylic acids is 2. The monoisotopic (exact) mass is 383 g/mol. The van der Waals surface area contributed by atoms with Crippen molar-refractivity contribution in [1.29, 1.82) is 0 Å². The molecule has 0 aliphatic carbocycles. The Bertz CT molecular complexity index is 1080. The maximum absolute atomic E-state index is 13.1. The van der Waals surface area contributed by atoms with E-state index in [1.165, 1.54) is 18.3 Å². The predicted octanol–water partition coefficient (Wildman–Crippen LogP) is 1.76. The number of nitrogens with one attached hydrogen (secondary N) is 2. The molecule has 0 atom stereocenters. The average molecular weight is 383 g/mol. The molecule has 8 nitrogen and oxygen atoms in total. The number of fused-ring (bicyclic) bond motifs is 1. The highest BCUT2D eigenvalue weighted by molar-refractivity contribution is 6.11. The Morgan fingerprint density at radius 2 is 1.82 bits per heavy atom. The standard InChI is InChI=1S/C19H14FN3O5/c20-12-3-1-10(2-4-12)5-11-6-13-14(18(26)23-22-9-24)7-15(19(27)28)17(25)16(13)21-8-11/h1-4,6-9,25H,5H2,(H,22,24)(H,23,26)(H,27,28). The Hall–Kier alpha value is -4.01. The molecule has 0 spiro atoms. The first-order valence-electron chi connectivity index (χ1n) is 8.02. The summed E-state index contributed by atoms with van der Waals surface area (Å²) >= 11 is 0. The first kappa shape index (κ1) is 18.8. The van der Waals surface area contributed by atoms with Crippen LogP contribution < -0.4 is 10.9 Å². The molecule has 0 radical (unpaired) electrons. The van der Waals surface area contributed by atoms with E-state index in [1.807, 2.05) is 5.43 Å². The van der Waals surface area contributed by atoms with Gasteiger partial charge >= 0.3 is 5.97 Å². The van der Waals surface area contributed by atoms with E-state index in [1.54, 1.807) is 18.2 Å². The first-order chi connectivity index (χ1) is 13.4. The third-order valence-electron chi connectivity index (χ3n) is 4.04. The number of carboxylic acid groups (broad SMARTS) is 1. The molecule has 0 aliphatic heterocycles. The van der Waals surface area contributed by atoms with Gasteiger partial charge in [-0.1, -0.05) is 12.1 Å². The third-order valence-corrected chi connectivity index (χ3v) is 4.04. The van der Waals surface area contributed by atoms with E-state index in [4.69, 9.17) is 0 Å². The zero-order valence-electron chi connectivity index (χ0n) is 14.3. The second-order valence-electron chi connectivity index (χ2n) is 5.88. The minimum absolute atomic E-state index is 0.0704.